The minimum Gasteiger partial charge on any atom is -0.392 e. The quantitative estimate of drug-likeness (QED) is 0.228. The number of rotatable bonds is 3. The number of hydrogen-bond acceptors (Lipinski definition) is 4. The zero-order valence-electron chi connectivity index (χ0n) is 24.4. The van der Waals surface area contributed by atoms with Gasteiger partial charge in [0, 0.05) is 24.3 Å². The maximum absolute atomic E-state index is 12.3. The first kappa shape index (κ1) is 34.0. The highest BCUT2D eigenvalue weighted by molar-refractivity contribution is 6.30. The van der Waals surface area contributed by atoms with E-state index in [4.69, 9.17) is 28.2 Å². The Kier molecular flexibility index (Phi) is 14.4. The molecule has 0 spiro atoms. The second kappa shape index (κ2) is 16.9. The van der Waals surface area contributed by atoms with Crippen LogP contribution in [0.4, 0.5) is 4.39 Å². The summed E-state index contributed by atoms with van der Waals surface area (Å²) in [6, 6.07) is 10.5. The minimum absolute atomic E-state index is 0.127. The summed E-state index contributed by atoms with van der Waals surface area (Å²) in [5.74, 6) is 2.46. The van der Waals surface area contributed by atoms with Crippen molar-refractivity contribution >= 4 is 11.6 Å². The smallest absolute Gasteiger partial charge is 0.102 e. The van der Waals surface area contributed by atoms with Crippen molar-refractivity contribution in [1.82, 2.24) is 0 Å². The van der Waals surface area contributed by atoms with Crippen molar-refractivity contribution in [2.45, 2.75) is 116 Å². The Morgan fingerprint density at radius 2 is 1.18 bits per heavy atom. The number of halogens is 2. The van der Waals surface area contributed by atoms with Crippen LogP contribution in [0.5, 0.6) is 0 Å². The van der Waals surface area contributed by atoms with Crippen molar-refractivity contribution in [1.29, 1.82) is 0 Å². The molecule has 4 aliphatic carbocycles. The van der Waals surface area contributed by atoms with Crippen LogP contribution >= 0.6 is 11.6 Å². The number of hydrogen-bond donors (Lipinski definition) is 4. The molecule has 5 rings (SSSR count). The van der Waals surface area contributed by atoms with Crippen LogP contribution in [0.1, 0.15) is 91.0 Å². The van der Waals surface area contributed by atoms with E-state index in [9.17, 15) is 14.6 Å². The third-order valence-electron chi connectivity index (χ3n) is 7.67. The molecule has 0 saturated carbocycles. The van der Waals surface area contributed by atoms with Crippen LogP contribution < -0.4 is 0 Å². The lowest BCUT2D eigenvalue weighted by Crippen LogP contribution is -1.99. The summed E-state index contributed by atoms with van der Waals surface area (Å²) in [4.78, 5) is 0. The van der Waals surface area contributed by atoms with Crippen LogP contribution in [0.15, 0.2) is 74.6 Å². The van der Waals surface area contributed by atoms with Gasteiger partial charge >= 0.3 is 0 Å². The van der Waals surface area contributed by atoms with Crippen LogP contribution in [0, 0.1) is 12.3 Å². The second-order valence-corrected chi connectivity index (χ2v) is 11.9. The molecular weight excluding hydrogens is 527 g/mol. The highest BCUT2D eigenvalue weighted by Gasteiger charge is 2.20. The normalized spacial score (nSPS) is 25.7. The van der Waals surface area contributed by atoms with Crippen molar-refractivity contribution in [3.63, 3.8) is 0 Å². The molecule has 0 amide bonds. The van der Waals surface area contributed by atoms with Gasteiger partial charge in [-0.2, -0.15) is 0 Å². The molecule has 40 heavy (non-hydrogen) atoms. The number of terminal acetylenes is 1. The van der Waals surface area contributed by atoms with Crippen molar-refractivity contribution in [2.75, 3.05) is 0 Å². The molecule has 0 heterocycles. The predicted octanol–water partition coefficient (Wildman–Crippen LogP) is 7.22. The van der Waals surface area contributed by atoms with E-state index in [0.717, 1.165) is 49.1 Å². The Bertz CT molecular complexity index is 1080. The third-order valence-corrected chi connectivity index (χ3v) is 8.15. The van der Waals surface area contributed by atoms with E-state index in [-0.39, 0.29) is 30.6 Å². The van der Waals surface area contributed by atoms with Crippen LogP contribution in [0.2, 0.25) is 0 Å². The van der Waals surface area contributed by atoms with Crippen molar-refractivity contribution in [3.8, 4) is 12.3 Å². The third kappa shape index (κ3) is 11.7. The fourth-order valence-corrected chi connectivity index (χ4v) is 5.56. The molecule has 6 heteroatoms. The maximum Gasteiger partial charge on any atom is 0.102 e. The Morgan fingerprint density at radius 1 is 0.700 bits per heavy atom. The summed E-state index contributed by atoms with van der Waals surface area (Å²) in [6.07, 6.45) is 11.4. The molecule has 1 aromatic rings. The van der Waals surface area contributed by atoms with E-state index in [1.54, 1.807) is 6.92 Å². The van der Waals surface area contributed by atoms with Gasteiger partial charge in [0.15, 0.2) is 0 Å². The molecule has 4 unspecified atom stereocenters. The Labute approximate surface area is 245 Å². The highest BCUT2D eigenvalue weighted by Crippen LogP contribution is 2.30. The predicted molar refractivity (Wildman–Crippen MR) is 162 cm³/mol. The van der Waals surface area contributed by atoms with E-state index < -0.39 is 6.10 Å². The van der Waals surface area contributed by atoms with Crippen molar-refractivity contribution in [2.24, 2.45) is 0 Å². The summed E-state index contributed by atoms with van der Waals surface area (Å²) in [6.45, 7) is 7.85. The topological polar surface area (TPSA) is 80.9 Å². The average molecular weight is 573 g/mol. The lowest BCUT2D eigenvalue weighted by atomic mass is 10.0. The molecule has 4 N–H and O–H groups in total. The maximum atomic E-state index is 12.3. The first-order chi connectivity index (χ1) is 18.9. The van der Waals surface area contributed by atoms with Gasteiger partial charge in [-0.25, -0.2) is 4.39 Å². The van der Waals surface area contributed by atoms with Crippen molar-refractivity contribution < 1.29 is 24.8 Å². The van der Waals surface area contributed by atoms with E-state index in [1.807, 2.05) is 19.9 Å². The van der Waals surface area contributed by atoms with Gasteiger partial charge < -0.3 is 20.4 Å². The first-order valence-electron chi connectivity index (χ1n) is 14.1. The van der Waals surface area contributed by atoms with Gasteiger partial charge in [-0.3, -0.25) is 0 Å². The SMILES string of the molecule is C#CCC1=C(C)CC(O)C1.CC1=C(Cc2ccccc2)CC(O)C1.CC1=C(Cl)CC(O)C1.CC1=C(F)CC(O)C1. The van der Waals surface area contributed by atoms with Gasteiger partial charge in [-0.05, 0) is 83.8 Å². The van der Waals surface area contributed by atoms with Gasteiger partial charge in [0.2, 0.25) is 0 Å². The molecule has 0 aliphatic heterocycles. The molecule has 4 atom stereocenters. The first-order valence-corrected chi connectivity index (χ1v) is 14.5. The lowest BCUT2D eigenvalue weighted by molar-refractivity contribution is 0.182. The Balaban J connectivity index is 0.000000193. The highest BCUT2D eigenvalue weighted by atomic mass is 35.5. The average Bonchev–Trinajstić information content (AvgIpc) is 3.57. The molecule has 0 bridgehead atoms. The summed E-state index contributed by atoms with van der Waals surface area (Å²) >= 11 is 5.68. The van der Waals surface area contributed by atoms with Crippen LogP contribution in [-0.4, -0.2) is 44.8 Å². The van der Waals surface area contributed by atoms with Crippen molar-refractivity contribution in [3.05, 3.63) is 80.2 Å². The summed E-state index contributed by atoms with van der Waals surface area (Å²) in [5.41, 5.74) is 8.53. The molecule has 0 saturated heterocycles. The molecular formula is C34H46ClFO4. The van der Waals surface area contributed by atoms with E-state index in [2.05, 4.69) is 37.1 Å². The van der Waals surface area contributed by atoms with E-state index in [0.29, 0.717) is 24.8 Å². The zero-order chi connectivity index (χ0) is 29.8. The molecule has 0 radical (unpaired) electrons. The van der Waals surface area contributed by atoms with Gasteiger partial charge in [0.25, 0.3) is 0 Å². The molecule has 4 aliphatic rings. The van der Waals surface area contributed by atoms with E-state index >= 15 is 0 Å². The zero-order valence-corrected chi connectivity index (χ0v) is 25.1. The number of aliphatic hydroxyl groups is 4. The fourth-order valence-electron chi connectivity index (χ4n) is 5.30. The van der Waals surface area contributed by atoms with Gasteiger partial charge in [0.1, 0.15) is 5.83 Å². The van der Waals surface area contributed by atoms with Crippen LogP contribution in [0.25, 0.3) is 0 Å². The number of aliphatic hydroxyl groups excluding tert-OH is 4. The summed E-state index contributed by atoms with van der Waals surface area (Å²) < 4.78 is 12.3. The summed E-state index contributed by atoms with van der Waals surface area (Å²) in [5, 5.41) is 37.3. The largest absolute Gasteiger partial charge is 0.392 e. The number of benzene rings is 1. The van der Waals surface area contributed by atoms with Gasteiger partial charge in [-0.15, -0.1) is 12.3 Å². The molecule has 0 fully saturated rings. The Morgan fingerprint density at radius 3 is 1.50 bits per heavy atom. The summed E-state index contributed by atoms with van der Waals surface area (Å²) in [7, 11) is 0. The minimum atomic E-state index is -0.449. The van der Waals surface area contributed by atoms with E-state index in [1.165, 1.54) is 27.9 Å². The monoisotopic (exact) mass is 572 g/mol. The molecule has 1 aromatic carbocycles. The van der Waals surface area contributed by atoms with Crippen LogP contribution in [-0.2, 0) is 6.42 Å². The molecule has 4 nitrogen and oxygen atoms in total. The molecule has 220 valence electrons. The van der Waals surface area contributed by atoms with Gasteiger partial charge in [0.05, 0.1) is 24.4 Å². The van der Waals surface area contributed by atoms with Crippen LogP contribution in [0.3, 0.4) is 0 Å². The fraction of sp³-hybridized carbons (Fsp3) is 0.529. The standard InChI is InChI=1S/C13H16O.C9H12O.C6H9ClO.C6H9FO/c1-10-7-13(14)9-12(10)8-11-5-3-2-4-6-11;1-3-4-8-6-9(10)5-7(8)2;2*1-4-2-5(8)3-6(4)7/h2-6,13-14H,7-9H2,1H3;1,9-10H,4-6H2,2H3;2*5,8H,2-3H2,1H3. The van der Waals surface area contributed by atoms with Gasteiger partial charge in [-0.1, -0.05) is 69.8 Å². The molecule has 0 aromatic heterocycles. The lowest BCUT2D eigenvalue weighted by Gasteiger charge is -2.04. The Hall–Kier alpha value is -2.20. The second-order valence-electron chi connectivity index (χ2n) is 11.4.